The molecule has 122 valence electrons. The van der Waals surface area contributed by atoms with Gasteiger partial charge in [-0.25, -0.2) is 8.42 Å². The Bertz CT molecular complexity index is 489. The van der Waals surface area contributed by atoms with E-state index in [1.165, 1.54) is 0 Å². The van der Waals surface area contributed by atoms with Crippen LogP contribution in [0.5, 0.6) is 0 Å². The quantitative estimate of drug-likeness (QED) is 0.675. The average Bonchev–Trinajstić information content (AvgIpc) is 3.10. The monoisotopic (exact) mass is 318 g/mol. The molecule has 0 spiro atoms. The summed E-state index contributed by atoms with van der Waals surface area (Å²) in [4.78, 5) is 14.3. The summed E-state index contributed by atoms with van der Waals surface area (Å²) in [6.45, 7) is 4.46. The van der Waals surface area contributed by atoms with Gasteiger partial charge in [-0.1, -0.05) is 0 Å². The lowest BCUT2D eigenvalue weighted by Gasteiger charge is -2.35. The molecular weight excluding hydrogens is 292 g/mol. The number of ether oxygens (including phenoxy) is 1. The van der Waals surface area contributed by atoms with Crippen LogP contribution in [-0.2, 0) is 19.4 Å². The third kappa shape index (κ3) is 4.40. The second-order valence-corrected chi connectivity index (χ2v) is 8.67. The van der Waals surface area contributed by atoms with Crippen LogP contribution >= 0.6 is 0 Å². The van der Waals surface area contributed by atoms with Gasteiger partial charge in [-0.3, -0.25) is 15.0 Å². The summed E-state index contributed by atoms with van der Waals surface area (Å²) in [5, 5.41) is 3.36. The summed E-state index contributed by atoms with van der Waals surface area (Å²) in [6, 6.07) is 0.366. The van der Waals surface area contributed by atoms with Crippen molar-refractivity contribution in [3.8, 4) is 0 Å². The van der Waals surface area contributed by atoms with Gasteiger partial charge in [0.25, 0.3) is 0 Å². The molecule has 0 aromatic carbocycles. The maximum absolute atomic E-state index is 12.3. The Morgan fingerprint density at radius 3 is 2.52 bits per heavy atom. The van der Waals surface area contributed by atoms with Gasteiger partial charge < -0.3 is 4.74 Å². The van der Waals surface area contributed by atoms with E-state index in [1.807, 2.05) is 18.9 Å². The molecule has 7 heteroatoms. The summed E-state index contributed by atoms with van der Waals surface area (Å²) in [6.07, 6.45) is 2.80. The number of carbonyl (C=O) groups excluding carboxylic acids is 1. The SMILES string of the molecule is CCOC(=O)C(C)(CN(C)C1CCS(=O)(=O)C1)NC1CC1. The highest BCUT2D eigenvalue weighted by Crippen LogP contribution is 2.25. The summed E-state index contributed by atoms with van der Waals surface area (Å²) in [5.74, 6) is 0.171. The van der Waals surface area contributed by atoms with E-state index in [0.29, 0.717) is 25.6 Å². The van der Waals surface area contributed by atoms with Crippen LogP contribution in [0.1, 0.15) is 33.1 Å². The molecule has 2 rings (SSSR count). The van der Waals surface area contributed by atoms with E-state index >= 15 is 0 Å². The largest absolute Gasteiger partial charge is 0.465 e. The number of likely N-dealkylation sites (N-methyl/N-ethyl adjacent to an activating group) is 1. The van der Waals surface area contributed by atoms with E-state index in [-0.39, 0.29) is 23.5 Å². The zero-order valence-electron chi connectivity index (χ0n) is 13.1. The van der Waals surface area contributed by atoms with Gasteiger partial charge in [0.1, 0.15) is 5.54 Å². The molecule has 1 saturated carbocycles. The Morgan fingerprint density at radius 1 is 1.38 bits per heavy atom. The first-order valence-corrected chi connectivity index (χ1v) is 9.43. The van der Waals surface area contributed by atoms with Gasteiger partial charge in [0.05, 0.1) is 18.1 Å². The van der Waals surface area contributed by atoms with Crippen LogP contribution in [-0.4, -0.2) is 68.6 Å². The van der Waals surface area contributed by atoms with Crippen LogP contribution < -0.4 is 5.32 Å². The number of sulfone groups is 1. The first-order valence-electron chi connectivity index (χ1n) is 7.61. The second kappa shape index (κ2) is 6.22. The van der Waals surface area contributed by atoms with Crippen molar-refractivity contribution in [2.45, 2.75) is 50.7 Å². The second-order valence-electron chi connectivity index (χ2n) is 6.44. The molecular formula is C14H26N2O4S. The Labute approximate surface area is 127 Å². The van der Waals surface area contributed by atoms with Crippen LogP contribution in [0.2, 0.25) is 0 Å². The van der Waals surface area contributed by atoms with Gasteiger partial charge >= 0.3 is 5.97 Å². The minimum absolute atomic E-state index is 0.00949. The van der Waals surface area contributed by atoms with Gasteiger partial charge in [0.2, 0.25) is 0 Å². The number of rotatable bonds is 7. The van der Waals surface area contributed by atoms with Crippen LogP contribution in [0, 0.1) is 0 Å². The Hall–Kier alpha value is -0.660. The van der Waals surface area contributed by atoms with Gasteiger partial charge in [-0.2, -0.15) is 0 Å². The molecule has 1 N–H and O–H groups in total. The van der Waals surface area contributed by atoms with E-state index in [1.54, 1.807) is 6.92 Å². The minimum atomic E-state index is -2.92. The molecule has 0 bridgehead atoms. The number of nitrogens with one attached hydrogen (secondary N) is 1. The maximum atomic E-state index is 12.3. The molecule has 0 radical (unpaired) electrons. The lowest BCUT2D eigenvalue weighted by Crippen LogP contribution is -2.59. The number of hydrogen-bond donors (Lipinski definition) is 1. The third-order valence-electron chi connectivity index (χ3n) is 4.22. The Morgan fingerprint density at radius 2 is 2.05 bits per heavy atom. The van der Waals surface area contributed by atoms with Crippen molar-refractivity contribution in [3.05, 3.63) is 0 Å². The average molecular weight is 318 g/mol. The molecule has 1 saturated heterocycles. The Balaban J connectivity index is 2.01. The first-order chi connectivity index (χ1) is 9.76. The molecule has 2 atom stereocenters. The lowest BCUT2D eigenvalue weighted by molar-refractivity contribution is -0.151. The zero-order valence-corrected chi connectivity index (χ0v) is 13.9. The molecule has 0 aromatic heterocycles. The standard InChI is InChI=1S/C14H26N2O4S/c1-4-20-13(17)14(2,15-11-5-6-11)10-16(3)12-7-8-21(18,19)9-12/h11-12,15H,4-10H2,1-3H3. The molecule has 0 aromatic rings. The lowest BCUT2D eigenvalue weighted by atomic mass is 10.0. The summed E-state index contributed by atoms with van der Waals surface area (Å²) >= 11 is 0. The highest BCUT2D eigenvalue weighted by Gasteiger charge is 2.42. The molecule has 1 aliphatic heterocycles. The van der Waals surface area contributed by atoms with Crippen molar-refractivity contribution < 1.29 is 17.9 Å². The van der Waals surface area contributed by atoms with E-state index in [4.69, 9.17) is 4.74 Å². The van der Waals surface area contributed by atoms with Crippen LogP contribution in [0.15, 0.2) is 0 Å². The van der Waals surface area contributed by atoms with Gasteiger partial charge in [-0.05, 0) is 40.2 Å². The topological polar surface area (TPSA) is 75.7 Å². The number of carbonyl (C=O) groups is 1. The highest BCUT2D eigenvalue weighted by atomic mass is 32.2. The molecule has 6 nitrogen and oxygen atoms in total. The molecule has 2 unspecified atom stereocenters. The first kappa shape index (κ1) is 16.7. The van der Waals surface area contributed by atoms with Gasteiger partial charge in [0.15, 0.2) is 9.84 Å². The van der Waals surface area contributed by atoms with Crippen molar-refractivity contribution in [1.29, 1.82) is 0 Å². The molecule has 2 aliphatic rings. The zero-order chi connectivity index (χ0) is 15.7. The predicted octanol–water partition coefficient (Wildman–Crippen LogP) is 0.179. The highest BCUT2D eigenvalue weighted by molar-refractivity contribution is 7.91. The summed E-state index contributed by atoms with van der Waals surface area (Å²) in [7, 11) is -1.03. The number of esters is 1. The van der Waals surface area contributed by atoms with Crippen LogP contribution in [0.3, 0.4) is 0 Å². The van der Waals surface area contributed by atoms with Crippen molar-refractivity contribution in [2.24, 2.45) is 0 Å². The fourth-order valence-electron chi connectivity index (χ4n) is 2.89. The normalized spacial score (nSPS) is 27.5. The van der Waals surface area contributed by atoms with Crippen molar-refractivity contribution in [1.82, 2.24) is 10.2 Å². The minimum Gasteiger partial charge on any atom is -0.465 e. The summed E-state index contributed by atoms with van der Waals surface area (Å²) < 4.78 is 28.4. The third-order valence-corrected chi connectivity index (χ3v) is 5.97. The van der Waals surface area contributed by atoms with Crippen LogP contribution in [0.25, 0.3) is 0 Å². The van der Waals surface area contributed by atoms with Crippen LogP contribution in [0.4, 0.5) is 0 Å². The predicted molar refractivity (Wildman–Crippen MR) is 80.9 cm³/mol. The fourth-order valence-corrected chi connectivity index (χ4v) is 4.69. The van der Waals surface area contributed by atoms with E-state index in [9.17, 15) is 13.2 Å². The molecule has 1 aliphatic carbocycles. The van der Waals surface area contributed by atoms with Crippen molar-refractivity contribution in [3.63, 3.8) is 0 Å². The van der Waals surface area contributed by atoms with Crippen molar-refractivity contribution >= 4 is 15.8 Å². The molecule has 1 heterocycles. The number of hydrogen-bond acceptors (Lipinski definition) is 6. The van der Waals surface area contributed by atoms with Crippen molar-refractivity contribution in [2.75, 3.05) is 31.7 Å². The maximum Gasteiger partial charge on any atom is 0.327 e. The molecule has 0 amide bonds. The summed E-state index contributed by atoms with van der Waals surface area (Å²) in [5.41, 5.74) is -0.779. The van der Waals surface area contributed by atoms with Gasteiger partial charge in [0, 0.05) is 18.6 Å². The van der Waals surface area contributed by atoms with E-state index in [2.05, 4.69) is 5.32 Å². The number of nitrogens with zero attached hydrogens (tertiary/aromatic N) is 1. The van der Waals surface area contributed by atoms with Gasteiger partial charge in [-0.15, -0.1) is 0 Å². The Kier molecular flexibility index (Phi) is 4.95. The van der Waals surface area contributed by atoms with E-state index < -0.39 is 15.4 Å². The fraction of sp³-hybridized carbons (Fsp3) is 0.929. The molecule has 2 fully saturated rings. The molecule has 21 heavy (non-hydrogen) atoms. The van der Waals surface area contributed by atoms with E-state index in [0.717, 1.165) is 12.8 Å². The smallest absolute Gasteiger partial charge is 0.327 e.